The summed E-state index contributed by atoms with van der Waals surface area (Å²) in [6, 6.07) is 9.50. The number of hydrogen-bond acceptors (Lipinski definition) is 3. The second-order valence-electron chi connectivity index (χ2n) is 4.27. The van der Waals surface area contributed by atoms with Gasteiger partial charge in [0.05, 0.1) is 0 Å². The number of benzene rings is 1. The Balaban J connectivity index is 2.00. The highest BCUT2D eigenvalue weighted by Crippen LogP contribution is 2.11. The molecule has 0 radical (unpaired) electrons. The van der Waals surface area contributed by atoms with E-state index in [9.17, 15) is 4.79 Å². The van der Waals surface area contributed by atoms with Crippen LogP contribution in [0.25, 0.3) is 0 Å². The first-order chi connectivity index (χ1) is 9.20. The van der Waals surface area contributed by atoms with E-state index in [2.05, 4.69) is 22.7 Å². The Bertz CT molecular complexity index is 545. The highest BCUT2D eigenvalue weighted by Gasteiger charge is 2.09. The maximum Gasteiger partial charge on any atom is 0.273 e. The number of carbonyl (C=O) groups is 1. The van der Waals surface area contributed by atoms with Crippen LogP contribution in [-0.2, 0) is 13.6 Å². The van der Waals surface area contributed by atoms with Crippen LogP contribution >= 0.6 is 0 Å². The van der Waals surface area contributed by atoms with Crippen molar-refractivity contribution in [3.63, 3.8) is 0 Å². The molecule has 0 atom stereocenters. The van der Waals surface area contributed by atoms with Gasteiger partial charge in [-0.05, 0) is 30.3 Å². The molecule has 5 heteroatoms. The van der Waals surface area contributed by atoms with E-state index in [-0.39, 0.29) is 5.91 Å². The zero-order chi connectivity index (χ0) is 13.7. The van der Waals surface area contributed by atoms with E-state index < -0.39 is 0 Å². The van der Waals surface area contributed by atoms with Crippen molar-refractivity contribution in [1.82, 2.24) is 15.1 Å². The van der Waals surface area contributed by atoms with Gasteiger partial charge in [-0.25, -0.2) is 0 Å². The summed E-state index contributed by atoms with van der Waals surface area (Å²) in [5.41, 5.74) is 2.52. The summed E-state index contributed by atoms with van der Waals surface area (Å²) < 4.78 is 1.55. The SMILES string of the molecule is CCNCc1ccc(NC(=O)c2ccnn2C)cc1. The number of nitrogens with zero attached hydrogens (tertiary/aromatic N) is 2. The van der Waals surface area contributed by atoms with E-state index in [1.54, 1.807) is 24.0 Å². The van der Waals surface area contributed by atoms with Gasteiger partial charge in [0.2, 0.25) is 0 Å². The third-order valence-corrected chi connectivity index (χ3v) is 2.84. The van der Waals surface area contributed by atoms with Crippen LogP contribution in [0.15, 0.2) is 36.5 Å². The third kappa shape index (κ3) is 3.42. The lowest BCUT2D eigenvalue weighted by atomic mass is 10.2. The largest absolute Gasteiger partial charge is 0.321 e. The number of hydrogen-bond donors (Lipinski definition) is 2. The molecule has 100 valence electrons. The topological polar surface area (TPSA) is 58.9 Å². The van der Waals surface area contributed by atoms with Crippen molar-refractivity contribution in [3.8, 4) is 0 Å². The minimum absolute atomic E-state index is 0.153. The maximum absolute atomic E-state index is 12.0. The van der Waals surface area contributed by atoms with Crippen molar-refractivity contribution in [2.45, 2.75) is 13.5 Å². The molecule has 0 spiro atoms. The Morgan fingerprint density at radius 3 is 2.58 bits per heavy atom. The molecule has 1 aromatic heterocycles. The molecular weight excluding hydrogens is 240 g/mol. The molecule has 1 aromatic carbocycles. The molecule has 1 amide bonds. The smallest absolute Gasteiger partial charge is 0.273 e. The molecule has 0 saturated carbocycles. The van der Waals surface area contributed by atoms with E-state index in [1.165, 1.54) is 5.56 Å². The van der Waals surface area contributed by atoms with Crippen LogP contribution in [0.1, 0.15) is 23.0 Å². The number of anilines is 1. The number of aromatic nitrogens is 2. The molecule has 0 saturated heterocycles. The van der Waals surface area contributed by atoms with Crippen molar-refractivity contribution in [2.24, 2.45) is 7.05 Å². The van der Waals surface area contributed by atoms with Gasteiger partial charge in [0.15, 0.2) is 0 Å². The minimum atomic E-state index is -0.153. The molecule has 0 bridgehead atoms. The zero-order valence-corrected chi connectivity index (χ0v) is 11.2. The summed E-state index contributed by atoms with van der Waals surface area (Å²) in [7, 11) is 1.74. The van der Waals surface area contributed by atoms with E-state index in [1.807, 2.05) is 24.3 Å². The van der Waals surface area contributed by atoms with Gasteiger partial charge in [-0.3, -0.25) is 9.48 Å². The maximum atomic E-state index is 12.0. The number of aryl methyl sites for hydroxylation is 1. The molecule has 0 aliphatic heterocycles. The number of amides is 1. The average molecular weight is 258 g/mol. The normalized spacial score (nSPS) is 10.4. The Labute approximate surface area is 112 Å². The van der Waals surface area contributed by atoms with Gasteiger partial charge in [-0.15, -0.1) is 0 Å². The van der Waals surface area contributed by atoms with Crippen LogP contribution in [0.2, 0.25) is 0 Å². The van der Waals surface area contributed by atoms with Crippen LogP contribution in [0.4, 0.5) is 5.69 Å². The Morgan fingerprint density at radius 2 is 2.00 bits per heavy atom. The van der Waals surface area contributed by atoms with Gasteiger partial charge >= 0.3 is 0 Å². The first-order valence-corrected chi connectivity index (χ1v) is 6.29. The van der Waals surface area contributed by atoms with Crippen LogP contribution < -0.4 is 10.6 Å². The van der Waals surface area contributed by atoms with E-state index in [0.29, 0.717) is 5.69 Å². The zero-order valence-electron chi connectivity index (χ0n) is 11.2. The molecule has 0 aliphatic carbocycles. The monoisotopic (exact) mass is 258 g/mol. The molecule has 0 unspecified atom stereocenters. The predicted molar refractivity (Wildman–Crippen MR) is 75.0 cm³/mol. The summed E-state index contributed by atoms with van der Waals surface area (Å²) >= 11 is 0. The van der Waals surface area contributed by atoms with Gasteiger partial charge in [0.25, 0.3) is 5.91 Å². The van der Waals surface area contributed by atoms with Gasteiger partial charge in [-0.1, -0.05) is 19.1 Å². The molecular formula is C14H18N4O. The molecule has 5 nitrogen and oxygen atoms in total. The minimum Gasteiger partial charge on any atom is -0.321 e. The van der Waals surface area contributed by atoms with Crippen molar-refractivity contribution >= 4 is 11.6 Å². The summed E-state index contributed by atoms with van der Waals surface area (Å²) in [6.07, 6.45) is 1.61. The van der Waals surface area contributed by atoms with Gasteiger partial charge in [-0.2, -0.15) is 5.10 Å². The second kappa shape index (κ2) is 6.15. The first-order valence-electron chi connectivity index (χ1n) is 6.29. The third-order valence-electron chi connectivity index (χ3n) is 2.84. The van der Waals surface area contributed by atoms with Gasteiger partial charge in [0.1, 0.15) is 5.69 Å². The quantitative estimate of drug-likeness (QED) is 0.859. The van der Waals surface area contributed by atoms with Crippen LogP contribution in [0.5, 0.6) is 0 Å². The number of carbonyl (C=O) groups excluding carboxylic acids is 1. The van der Waals surface area contributed by atoms with E-state index in [0.717, 1.165) is 18.8 Å². The van der Waals surface area contributed by atoms with Crippen LogP contribution in [0.3, 0.4) is 0 Å². The molecule has 2 N–H and O–H groups in total. The van der Waals surface area contributed by atoms with Gasteiger partial charge < -0.3 is 10.6 Å². The van der Waals surface area contributed by atoms with Crippen molar-refractivity contribution in [1.29, 1.82) is 0 Å². The van der Waals surface area contributed by atoms with Crippen LogP contribution in [-0.4, -0.2) is 22.2 Å². The second-order valence-corrected chi connectivity index (χ2v) is 4.27. The fourth-order valence-electron chi connectivity index (χ4n) is 1.77. The summed E-state index contributed by atoms with van der Waals surface area (Å²) in [6.45, 7) is 3.86. The fourth-order valence-corrected chi connectivity index (χ4v) is 1.77. The highest BCUT2D eigenvalue weighted by molar-refractivity contribution is 6.02. The average Bonchev–Trinajstić information content (AvgIpc) is 2.84. The lowest BCUT2D eigenvalue weighted by molar-refractivity contribution is 0.101. The van der Waals surface area contributed by atoms with Crippen molar-refractivity contribution in [2.75, 3.05) is 11.9 Å². The lowest BCUT2D eigenvalue weighted by Gasteiger charge is -2.07. The Kier molecular flexibility index (Phi) is 4.30. The lowest BCUT2D eigenvalue weighted by Crippen LogP contribution is -2.16. The predicted octanol–water partition coefficient (Wildman–Crippen LogP) is 1.78. The summed E-state index contributed by atoms with van der Waals surface area (Å²) in [5.74, 6) is -0.153. The Hall–Kier alpha value is -2.14. The Morgan fingerprint density at radius 1 is 1.26 bits per heavy atom. The molecule has 2 aromatic rings. The molecule has 1 heterocycles. The van der Waals surface area contributed by atoms with Gasteiger partial charge in [0, 0.05) is 25.5 Å². The number of nitrogens with one attached hydrogen (secondary N) is 2. The van der Waals surface area contributed by atoms with Crippen molar-refractivity contribution in [3.05, 3.63) is 47.8 Å². The highest BCUT2D eigenvalue weighted by atomic mass is 16.2. The van der Waals surface area contributed by atoms with E-state index in [4.69, 9.17) is 0 Å². The van der Waals surface area contributed by atoms with E-state index >= 15 is 0 Å². The van der Waals surface area contributed by atoms with Crippen LogP contribution in [0, 0.1) is 0 Å². The fraction of sp³-hybridized carbons (Fsp3) is 0.286. The first kappa shape index (κ1) is 13.3. The molecule has 19 heavy (non-hydrogen) atoms. The standard InChI is InChI=1S/C14H18N4O/c1-3-15-10-11-4-6-12(7-5-11)17-14(19)13-8-9-16-18(13)2/h4-9,15H,3,10H2,1-2H3,(H,17,19). The summed E-state index contributed by atoms with van der Waals surface area (Å²) in [4.78, 5) is 12.0. The molecule has 2 rings (SSSR count). The molecule has 0 aliphatic rings. The molecule has 0 fully saturated rings. The summed E-state index contributed by atoms with van der Waals surface area (Å²) in [5, 5.41) is 10.1. The number of rotatable bonds is 5. The van der Waals surface area contributed by atoms with Crippen molar-refractivity contribution < 1.29 is 4.79 Å².